The van der Waals surface area contributed by atoms with Crippen LogP contribution in [0.1, 0.15) is 26.1 Å². The molecule has 1 N–H and O–H groups in total. The van der Waals surface area contributed by atoms with Crippen LogP contribution in [0.3, 0.4) is 0 Å². The van der Waals surface area contributed by atoms with Gasteiger partial charge >= 0.3 is 0 Å². The third-order valence-corrected chi connectivity index (χ3v) is 4.92. The number of rotatable bonds is 8. The van der Waals surface area contributed by atoms with Crippen molar-refractivity contribution >= 4 is 34.2 Å². The number of hydrogen-bond donors (Lipinski definition) is 1. The van der Waals surface area contributed by atoms with Gasteiger partial charge in [0.2, 0.25) is 5.91 Å². The molecule has 1 aromatic carbocycles. The van der Waals surface area contributed by atoms with Crippen LogP contribution in [0.5, 0.6) is 0 Å². The number of fused-ring (bicyclic) bond motifs is 3. The maximum atomic E-state index is 12.3. The molecule has 0 radical (unpaired) electrons. The normalized spacial score (nSPS) is 12.6. The molecule has 138 valence electrons. The van der Waals surface area contributed by atoms with Gasteiger partial charge in [-0.2, -0.15) is 4.52 Å². The molecule has 3 aromatic rings. The SMILES string of the molecule is CCOCCCNC(=O)C(C)Sc1nc2ccccc2c2nc(C)nn12. The highest BCUT2D eigenvalue weighted by atomic mass is 32.2. The second-order valence-corrected chi connectivity index (χ2v) is 7.22. The van der Waals surface area contributed by atoms with Crippen LogP contribution in [0.2, 0.25) is 0 Å². The summed E-state index contributed by atoms with van der Waals surface area (Å²) in [6, 6.07) is 7.83. The molecule has 0 spiro atoms. The van der Waals surface area contributed by atoms with Gasteiger partial charge in [0.05, 0.1) is 10.8 Å². The van der Waals surface area contributed by atoms with Crippen LogP contribution in [-0.2, 0) is 9.53 Å². The lowest BCUT2D eigenvalue weighted by molar-refractivity contribution is -0.120. The lowest BCUT2D eigenvalue weighted by Crippen LogP contribution is -2.32. The van der Waals surface area contributed by atoms with Gasteiger partial charge in [0.15, 0.2) is 10.8 Å². The molecule has 26 heavy (non-hydrogen) atoms. The van der Waals surface area contributed by atoms with E-state index in [1.807, 2.05) is 45.0 Å². The van der Waals surface area contributed by atoms with E-state index in [-0.39, 0.29) is 11.2 Å². The summed E-state index contributed by atoms with van der Waals surface area (Å²) in [6.45, 7) is 7.64. The largest absolute Gasteiger partial charge is 0.382 e. The average molecular weight is 373 g/mol. The Kier molecular flexibility index (Phi) is 6.05. The number of benzene rings is 1. The number of aryl methyl sites for hydroxylation is 1. The van der Waals surface area contributed by atoms with E-state index in [0.29, 0.717) is 30.7 Å². The monoisotopic (exact) mass is 373 g/mol. The van der Waals surface area contributed by atoms with Crippen molar-refractivity contribution in [1.29, 1.82) is 0 Å². The molecule has 8 heteroatoms. The maximum Gasteiger partial charge on any atom is 0.233 e. The molecule has 7 nitrogen and oxygen atoms in total. The first-order valence-corrected chi connectivity index (χ1v) is 9.62. The van der Waals surface area contributed by atoms with E-state index in [1.54, 1.807) is 4.52 Å². The Bertz CT molecular complexity index is 911. The van der Waals surface area contributed by atoms with Gasteiger partial charge in [0.1, 0.15) is 5.82 Å². The van der Waals surface area contributed by atoms with Crippen LogP contribution in [-0.4, -0.2) is 50.5 Å². The zero-order valence-electron chi connectivity index (χ0n) is 15.2. The number of thioether (sulfide) groups is 1. The van der Waals surface area contributed by atoms with E-state index in [9.17, 15) is 4.79 Å². The number of ether oxygens (including phenoxy) is 1. The molecule has 2 heterocycles. The van der Waals surface area contributed by atoms with E-state index in [0.717, 1.165) is 23.0 Å². The summed E-state index contributed by atoms with van der Waals surface area (Å²) in [5.74, 6) is 0.657. The standard InChI is InChI=1S/C18H23N5O2S/c1-4-25-11-7-10-19-17(24)12(2)26-18-21-15-9-6-5-8-14(15)16-20-13(3)22-23(16)18/h5-6,8-9,12H,4,7,10-11H2,1-3H3,(H,19,24). The summed E-state index contributed by atoms with van der Waals surface area (Å²) < 4.78 is 7.00. The fourth-order valence-electron chi connectivity index (χ4n) is 2.60. The predicted molar refractivity (Wildman–Crippen MR) is 102 cm³/mol. The van der Waals surface area contributed by atoms with E-state index in [1.165, 1.54) is 11.8 Å². The number of carbonyl (C=O) groups is 1. The van der Waals surface area contributed by atoms with Gasteiger partial charge in [-0.25, -0.2) is 9.97 Å². The van der Waals surface area contributed by atoms with Crippen LogP contribution in [0.25, 0.3) is 16.6 Å². The Morgan fingerprint density at radius 1 is 1.35 bits per heavy atom. The number of nitrogens with one attached hydrogen (secondary N) is 1. The van der Waals surface area contributed by atoms with E-state index in [4.69, 9.17) is 4.74 Å². The summed E-state index contributed by atoms with van der Waals surface area (Å²) in [4.78, 5) is 21.5. The Balaban J connectivity index is 1.76. The van der Waals surface area contributed by atoms with Crippen molar-refractivity contribution in [3.05, 3.63) is 30.1 Å². The third kappa shape index (κ3) is 4.13. The fraction of sp³-hybridized carbons (Fsp3) is 0.444. The van der Waals surface area contributed by atoms with Crippen LogP contribution in [0.4, 0.5) is 0 Å². The van der Waals surface area contributed by atoms with E-state index >= 15 is 0 Å². The molecular weight excluding hydrogens is 350 g/mol. The minimum Gasteiger partial charge on any atom is -0.382 e. The topological polar surface area (TPSA) is 81.4 Å². The molecule has 1 atom stereocenters. The van der Waals surface area contributed by atoms with Crippen LogP contribution < -0.4 is 5.32 Å². The molecule has 0 aliphatic carbocycles. The highest BCUT2D eigenvalue weighted by molar-refractivity contribution is 8.00. The quantitative estimate of drug-likeness (QED) is 0.371. The fourth-order valence-corrected chi connectivity index (χ4v) is 3.48. The molecule has 1 unspecified atom stereocenters. The van der Waals surface area contributed by atoms with Crippen LogP contribution >= 0.6 is 11.8 Å². The summed E-state index contributed by atoms with van der Waals surface area (Å²) in [7, 11) is 0. The number of aromatic nitrogens is 4. The minimum atomic E-state index is -0.288. The lowest BCUT2D eigenvalue weighted by Gasteiger charge is -2.12. The summed E-state index contributed by atoms with van der Waals surface area (Å²) in [6.07, 6.45) is 0.803. The first-order valence-electron chi connectivity index (χ1n) is 8.74. The third-order valence-electron chi connectivity index (χ3n) is 3.88. The van der Waals surface area contributed by atoms with Gasteiger partial charge < -0.3 is 10.1 Å². The predicted octanol–water partition coefficient (Wildman–Crippen LogP) is 2.61. The van der Waals surface area contributed by atoms with E-state index < -0.39 is 0 Å². The molecule has 0 fully saturated rings. The summed E-state index contributed by atoms with van der Waals surface area (Å²) in [5, 5.41) is 8.71. The van der Waals surface area contributed by atoms with Crippen molar-refractivity contribution in [2.24, 2.45) is 0 Å². The number of amides is 1. The maximum absolute atomic E-state index is 12.3. The van der Waals surface area contributed by atoms with Crippen molar-refractivity contribution in [3.8, 4) is 0 Å². The molecule has 0 aliphatic heterocycles. The second-order valence-electron chi connectivity index (χ2n) is 5.91. The Labute approximate surface area is 156 Å². The smallest absolute Gasteiger partial charge is 0.233 e. The van der Waals surface area contributed by atoms with Crippen molar-refractivity contribution in [1.82, 2.24) is 24.9 Å². The van der Waals surface area contributed by atoms with Crippen LogP contribution in [0, 0.1) is 6.92 Å². The average Bonchev–Trinajstić information content (AvgIpc) is 3.03. The molecule has 0 bridgehead atoms. The zero-order chi connectivity index (χ0) is 18.5. The van der Waals surface area contributed by atoms with Gasteiger partial charge in [-0.3, -0.25) is 4.79 Å². The Morgan fingerprint density at radius 3 is 2.96 bits per heavy atom. The zero-order valence-corrected chi connectivity index (χ0v) is 16.0. The molecule has 0 aliphatic rings. The molecular formula is C18H23N5O2S. The number of hydrogen-bond acceptors (Lipinski definition) is 6. The molecule has 1 amide bonds. The van der Waals surface area contributed by atoms with Crippen molar-refractivity contribution in [3.63, 3.8) is 0 Å². The summed E-state index contributed by atoms with van der Waals surface area (Å²) >= 11 is 1.38. The lowest BCUT2D eigenvalue weighted by atomic mass is 10.2. The van der Waals surface area contributed by atoms with E-state index in [2.05, 4.69) is 20.4 Å². The molecule has 0 saturated carbocycles. The van der Waals surface area contributed by atoms with Crippen LogP contribution in [0.15, 0.2) is 29.4 Å². The number of nitrogens with zero attached hydrogens (tertiary/aromatic N) is 4. The van der Waals surface area contributed by atoms with Crippen molar-refractivity contribution in [2.75, 3.05) is 19.8 Å². The van der Waals surface area contributed by atoms with Crippen molar-refractivity contribution < 1.29 is 9.53 Å². The summed E-state index contributed by atoms with van der Waals surface area (Å²) in [5.41, 5.74) is 1.61. The number of para-hydroxylation sites is 1. The van der Waals surface area contributed by atoms with Gasteiger partial charge in [-0.15, -0.1) is 5.10 Å². The van der Waals surface area contributed by atoms with Crippen molar-refractivity contribution in [2.45, 2.75) is 37.6 Å². The highest BCUT2D eigenvalue weighted by Gasteiger charge is 2.19. The Hall–Kier alpha value is -2.19. The van der Waals surface area contributed by atoms with Gasteiger partial charge in [0, 0.05) is 25.1 Å². The first-order chi connectivity index (χ1) is 12.6. The van der Waals surface area contributed by atoms with Gasteiger partial charge in [-0.05, 0) is 39.3 Å². The molecule has 0 saturated heterocycles. The Morgan fingerprint density at radius 2 is 2.15 bits per heavy atom. The number of carbonyl (C=O) groups excluding carboxylic acids is 1. The van der Waals surface area contributed by atoms with Gasteiger partial charge in [0.25, 0.3) is 0 Å². The molecule has 3 rings (SSSR count). The highest BCUT2D eigenvalue weighted by Crippen LogP contribution is 2.26. The van der Waals surface area contributed by atoms with Gasteiger partial charge in [-0.1, -0.05) is 23.9 Å². The molecule has 2 aromatic heterocycles. The second kappa shape index (κ2) is 8.46. The minimum absolute atomic E-state index is 0.0218. The first kappa shape index (κ1) is 18.6.